The number of hydrogen-bond donors (Lipinski definition) is 2. The Morgan fingerprint density at radius 2 is 1.55 bits per heavy atom. The van der Waals surface area contributed by atoms with Crippen molar-refractivity contribution in [2.75, 3.05) is 6.61 Å². The van der Waals surface area contributed by atoms with Crippen LogP contribution in [0.4, 0.5) is 5.69 Å². The molecular weight excluding hydrogens is 406 g/mol. The van der Waals surface area contributed by atoms with Crippen molar-refractivity contribution in [3.8, 4) is 0 Å². The molecule has 2 rings (SSSR count). The molecule has 0 radical (unpaired) electrons. The summed E-state index contributed by atoms with van der Waals surface area (Å²) in [5.74, 6) is 0. The van der Waals surface area contributed by atoms with Gasteiger partial charge in [-0.25, -0.2) is 0 Å². The summed E-state index contributed by atoms with van der Waals surface area (Å²) in [5, 5.41) is 24.2. The highest BCUT2D eigenvalue weighted by atomic mass is 28.4. The van der Waals surface area contributed by atoms with Crippen molar-refractivity contribution in [3.63, 3.8) is 0 Å². The number of nitrogens with zero attached hydrogens (tertiary/aromatic N) is 3. The number of aliphatic hydroxyl groups is 2. The van der Waals surface area contributed by atoms with E-state index in [1.807, 2.05) is 12.1 Å². The lowest BCUT2D eigenvalue weighted by Crippen LogP contribution is -2.64. The van der Waals surface area contributed by atoms with Gasteiger partial charge in [-0.15, -0.1) is 0 Å². The fourth-order valence-electron chi connectivity index (χ4n) is 3.39. The first-order valence-electron chi connectivity index (χ1n) is 9.87. The molecule has 0 aromatic heterocycles. The first-order chi connectivity index (χ1) is 13.4. The average molecular weight is 440 g/mol. The molecule has 1 aliphatic rings. The van der Waals surface area contributed by atoms with E-state index >= 15 is 0 Å². The molecule has 1 aromatic rings. The molecule has 2 unspecified atom stereocenters. The van der Waals surface area contributed by atoms with E-state index in [-0.39, 0.29) is 12.7 Å². The van der Waals surface area contributed by atoms with Crippen molar-refractivity contribution in [1.29, 1.82) is 0 Å². The predicted molar refractivity (Wildman–Crippen MR) is 117 cm³/mol. The van der Waals surface area contributed by atoms with Gasteiger partial charge in [0.2, 0.25) is 0 Å². The highest BCUT2D eigenvalue weighted by Crippen LogP contribution is 2.32. The molecule has 8 nitrogen and oxygen atoms in total. The molecule has 0 spiro atoms. The fourth-order valence-corrected chi connectivity index (χ4v) is 5.59. The van der Waals surface area contributed by atoms with Gasteiger partial charge in [-0.3, -0.25) is 0 Å². The van der Waals surface area contributed by atoms with Crippen molar-refractivity contribution >= 4 is 22.3 Å². The lowest BCUT2D eigenvalue weighted by molar-refractivity contribution is -0.219. The monoisotopic (exact) mass is 439 g/mol. The van der Waals surface area contributed by atoms with Gasteiger partial charge in [-0.1, -0.05) is 29.4 Å². The van der Waals surface area contributed by atoms with Crippen molar-refractivity contribution < 1.29 is 23.8 Å². The summed E-state index contributed by atoms with van der Waals surface area (Å²) < 4.78 is 18.9. The number of benzene rings is 1. The van der Waals surface area contributed by atoms with Crippen LogP contribution in [0, 0.1) is 0 Å². The molecule has 1 saturated heterocycles. The zero-order valence-corrected chi connectivity index (χ0v) is 20.1. The summed E-state index contributed by atoms with van der Waals surface area (Å²) >= 11 is 0. The maximum Gasteiger partial charge on any atom is 0.184 e. The minimum Gasteiger partial charge on any atom is -0.409 e. The predicted octanol–water partition coefficient (Wildman–Crippen LogP) is 3.73. The minimum atomic E-state index is -1.99. The average Bonchev–Trinajstić information content (AvgIpc) is 2.60. The molecule has 10 heteroatoms. The number of ether oxygens (including phenoxy) is 1. The summed E-state index contributed by atoms with van der Waals surface area (Å²) in [5.41, 5.74) is 10.1. The van der Waals surface area contributed by atoms with E-state index in [0.717, 1.165) is 5.56 Å². The third kappa shape index (κ3) is 7.19. The lowest BCUT2D eigenvalue weighted by atomic mass is 9.91. The van der Waals surface area contributed by atoms with Crippen LogP contribution in [0.3, 0.4) is 0 Å². The quantitative estimate of drug-likeness (QED) is 0.277. The first kappa shape index (κ1) is 24.0. The molecule has 1 aliphatic heterocycles. The van der Waals surface area contributed by atoms with E-state index in [0.29, 0.717) is 12.1 Å². The molecule has 2 N–H and O–H groups in total. The van der Waals surface area contributed by atoms with Gasteiger partial charge in [0.1, 0.15) is 18.3 Å². The molecule has 29 heavy (non-hydrogen) atoms. The van der Waals surface area contributed by atoms with Crippen molar-refractivity contribution in [2.24, 2.45) is 5.11 Å². The molecule has 0 saturated carbocycles. The second-order valence-corrected chi connectivity index (χ2v) is 18.3. The van der Waals surface area contributed by atoms with Crippen molar-refractivity contribution in [2.45, 2.75) is 76.2 Å². The van der Waals surface area contributed by atoms with Crippen LogP contribution < -0.4 is 0 Å². The highest BCUT2D eigenvalue weighted by molar-refractivity contribution is 6.70. The maximum atomic E-state index is 10.8. The molecule has 0 bridgehead atoms. The van der Waals surface area contributed by atoms with Crippen LogP contribution in [-0.4, -0.2) is 64.0 Å². The van der Waals surface area contributed by atoms with Gasteiger partial charge in [0.05, 0.1) is 18.8 Å². The van der Waals surface area contributed by atoms with Gasteiger partial charge >= 0.3 is 0 Å². The SMILES string of the molecule is C[Si](C)(C)OC1C(O[Si](C)(C)C)[C@H](O)[C@@H](CO)O[C@@H]1Cc1ccc(N=[N+]=[N-])cc1. The Morgan fingerprint density at radius 1 is 1.00 bits per heavy atom. The van der Waals surface area contributed by atoms with Crippen LogP contribution >= 0.6 is 0 Å². The molecular formula is C19H33N3O5Si2. The Hall–Kier alpha value is -1.24. The lowest BCUT2D eigenvalue weighted by Gasteiger charge is -2.48. The molecule has 1 aromatic carbocycles. The molecule has 1 heterocycles. The number of hydrogen-bond acceptors (Lipinski definition) is 6. The van der Waals surface area contributed by atoms with Gasteiger partial charge in [0.25, 0.3) is 0 Å². The Balaban J connectivity index is 2.34. The fraction of sp³-hybridized carbons (Fsp3) is 0.684. The standard InChI is InChI=1S/C19H33N3O5Si2/c1-28(2,3)26-18-15(11-13-7-9-14(10-8-13)21-22-20)25-16(12-23)17(24)19(18)27-29(4,5)6/h7-10,15-19,23-24H,11-12H2,1-6H3/t15-,16-,17-,18?,19?/m1/s1. The van der Waals surface area contributed by atoms with Crippen molar-refractivity contribution in [3.05, 3.63) is 40.3 Å². The van der Waals surface area contributed by atoms with Crippen LogP contribution in [0.1, 0.15) is 5.56 Å². The molecule has 162 valence electrons. The maximum absolute atomic E-state index is 10.8. The third-order valence-electron chi connectivity index (χ3n) is 4.45. The molecule has 5 atom stereocenters. The Bertz CT molecular complexity index is 714. The van der Waals surface area contributed by atoms with Crippen LogP contribution in [-0.2, 0) is 20.0 Å². The van der Waals surface area contributed by atoms with E-state index in [2.05, 4.69) is 49.3 Å². The van der Waals surface area contributed by atoms with Gasteiger partial charge < -0.3 is 23.8 Å². The summed E-state index contributed by atoms with van der Waals surface area (Å²) in [6.45, 7) is 12.2. The van der Waals surface area contributed by atoms with Crippen molar-refractivity contribution in [1.82, 2.24) is 0 Å². The molecule has 1 fully saturated rings. The normalized spacial score (nSPS) is 28.1. The topological polar surface area (TPSA) is 117 Å². The third-order valence-corrected chi connectivity index (χ3v) is 6.41. The Morgan fingerprint density at radius 3 is 2.03 bits per heavy atom. The Kier molecular flexibility index (Phi) is 8.05. The van der Waals surface area contributed by atoms with E-state index in [1.54, 1.807) is 12.1 Å². The van der Waals surface area contributed by atoms with E-state index < -0.39 is 41.1 Å². The highest BCUT2D eigenvalue weighted by Gasteiger charge is 2.48. The van der Waals surface area contributed by atoms with E-state index in [1.165, 1.54) is 0 Å². The summed E-state index contributed by atoms with van der Waals surface area (Å²) in [6.07, 6.45) is -2.55. The van der Waals surface area contributed by atoms with Gasteiger partial charge in [0.15, 0.2) is 16.6 Å². The Labute approximate surface area is 174 Å². The second kappa shape index (κ2) is 9.71. The van der Waals surface area contributed by atoms with Crippen LogP contribution in [0.5, 0.6) is 0 Å². The van der Waals surface area contributed by atoms with Crippen LogP contribution in [0.15, 0.2) is 29.4 Å². The van der Waals surface area contributed by atoms with Gasteiger partial charge in [-0.2, -0.15) is 0 Å². The van der Waals surface area contributed by atoms with Gasteiger partial charge in [0, 0.05) is 17.0 Å². The first-order valence-corrected chi connectivity index (χ1v) is 16.7. The smallest absolute Gasteiger partial charge is 0.184 e. The number of rotatable bonds is 8. The van der Waals surface area contributed by atoms with Crippen LogP contribution in [0.25, 0.3) is 10.4 Å². The van der Waals surface area contributed by atoms with Crippen LogP contribution in [0.2, 0.25) is 39.3 Å². The number of azide groups is 1. The van der Waals surface area contributed by atoms with Gasteiger partial charge in [-0.05, 0) is 50.4 Å². The minimum absolute atomic E-state index is 0.293. The molecule has 0 aliphatic carbocycles. The van der Waals surface area contributed by atoms with E-state index in [9.17, 15) is 10.2 Å². The second-order valence-electron chi connectivity index (χ2n) is 9.34. The largest absolute Gasteiger partial charge is 0.409 e. The zero-order valence-electron chi connectivity index (χ0n) is 18.1. The summed E-state index contributed by atoms with van der Waals surface area (Å²) in [6, 6.07) is 7.26. The van der Waals surface area contributed by atoms with E-state index in [4.69, 9.17) is 19.1 Å². The molecule has 0 amide bonds. The summed E-state index contributed by atoms with van der Waals surface area (Å²) in [7, 11) is -3.97. The number of aliphatic hydroxyl groups excluding tert-OH is 2. The zero-order chi connectivity index (χ0) is 21.8. The summed E-state index contributed by atoms with van der Waals surface area (Å²) in [4.78, 5) is 2.79.